The summed E-state index contributed by atoms with van der Waals surface area (Å²) in [6, 6.07) is 0.389. The van der Waals surface area contributed by atoms with Gasteiger partial charge in [0.25, 0.3) is 0 Å². The van der Waals surface area contributed by atoms with Crippen LogP contribution < -0.4 is 5.32 Å². The van der Waals surface area contributed by atoms with Gasteiger partial charge in [0, 0.05) is 6.04 Å². The lowest BCUT2D eigenvalue weighted by molar-refractivity contribution is -0.138. The predicted octanol–water partition coefficient (Wildman–Crippen LogP) is 1.56. The monoisotopic (exact) mass is 155 g/mol. The molecule has 0 unspecified atom stereocenters. The fourth-order valence-corrected chi connectivity index (χ4v) is 1.66. The Morgan fingerprint density at radius 2 is 2.00 bits per heavy atom. The molecule has 1 aliphatic heterocycles. The maximum atomic E-state index is 11.0. The van der Waals surface area contributed by atoms with Crippen LogP contribution in [-0.4, -0.2) is 11.9 Å². The van der Waals surface area contributed by atoms with Crippen molar-refractivity contribution in [1.82, 2.24) is 5.32 Å². The molecular formula is C9H17NO. The van der Waals surface area contributed by atoms with E-state index in [2.05, 4.69) is 33.0 Å². The summed E-state index contributed by atoms with van der Waals surface area (Å²) in [7, 11) is 0. The lowest BCUT2D eigenvalue weighted by Crippen LogP contribution is -2.63. The van der Waals surface area contributed by atoms with Gasteiger partial charge in [0.15, 0.2) is 0 Å². The van der Waals surface area contributed by atoms with Crippen molar-refractivity contribution in [2.75, 3.05) is 0 Å². The summed E-state index contributed by atoms with van der Waals surface area (Å²) < 4.78 is 0. The van der Waals surface area contributed by atoms with Crippen molar-refractivity contribution < 1.29 is 4.79 Å². The van der Waals surface area contributed by atoms with Crippen LogP contribution in [-0.2, 0) is 4.79 Å². The maximum absolute atomic E-state index is 11.0. The molecule has 11 heavy (non-hydrogen) atoms. The first-order chi connectivity index (χ1) is 4.96. The molecule has 0 spiro atoms. The third-order valence-electron chi connectivity index (χ3n) is 2.41. The Bertz CT molecular complexity index is 169. The van der Waals surface area contributed by atoms with E-state index in [0.29, 0.717) is 6.04 Å². The van der Waals surface area contributed by atoms with Crippen LogP contribution in [0.1, 0.15) is 34.1 Å². The third-order valence-corrected chi connectivity index (χ3v) is 2.41. The van der Waals surface area contributed by atoms with E-state index < -0.39 is 0 Å². The summed E-state index contributed by atoms with van der Waals surface area (Å²) in [6.07, 6.45) is 0.966. The fourth-order valence-electron chi connectivity index (χ4n) is 1.66. The smallest absolute Gasteiger partial charge is 0.225 e. The van der Waals surface area contributed by atoms with E-state index in [0.717, 1.165) is 6.42 Å². The number of nitrogens with one attached hydrogen (secondary N) is 1. The van der Waals surface area contributed by atoms with Crippen molar-refractivity contribution in [2.45, 2.75) is 40.2 Å². The molecule has 2 nitrogen and oxygen atoms in total. The highest BCUT2D eigenvalue weighted by Crippen LogP contribution is 2.32. The van der Waals surface area contributed by atoms with Crippen LogP contribution in [0, 0.1) is 11.3 Å². The summed E-state index contributed by atoms with van der Waals surface area (Å²) in [5.41, 5.74) is 0.217. The molecule has 1 saturated heterocycles. The zero-order chi connectivity index (χ0) is 8.65. The van der Waals surface area contributed by atoms with Gasteiger partial charge in [-0.05, 0) is 11.8 Å². The number of carbonyl (C=O) groups excluding carboxylic acids is 1. The maximum Gasteiger partial charge on any atom is 0.225 e. The molecular weight excluding hydrogens is 138 g/mol. The van der Waals surface area contributed by atoms with Gasteiger partial charge in [0.2, 0.25) is 5.91 Å². The number of hydrogen-bond acceptors (Lipinski definition) is 1. The molecule has 1 fully saturated rings. The van der Waals surface area contributed by atoms with Crippen molar-refractivity contribution in [1.29, 1.82) is 0 Å². The van der Waals surface area contributed by atoms with Crippen molar-refractivity contribution in [2.24, 2.45) is 11.3 Å². The predicted molar refractivity (Wildman–Crippen MR) is 45.2 cm³/mol. The number of β-lactam (4-membered cyclic amide) rings is 1. The standard InChI is InChI=1S/C9H17NO/c1-5-6-7(9(2,3)4)10-8(6)11/h6-7H,5H2,1-4H3,(H,10,11)/t6-,7+/m0/s1. The highest BCUT2D eigenvalue weighted by molar-refractivity contribution is 5.86. The van der Waals surface area contributed by atoms with E-state index in [1.54, 1.807) is 0 Å². The summed E-state index contributed by atoms with van der Waals surface area (Å²) in [6.45, 7) is 8.57. The van der Waals surface area contributed by atoms with Crippen LogP contribution in [0.15, 0.2) is 0 Å². The largest absolute Gasteiger partial charge is 0.352 e. The van der Waals surface area contributed by atoms with E-state index in [1.165, 1.54) is 0 Å². The number of hydrogen-bond donors (Lipinski definition) is 1. The molecule has 0 aliphatic carbocycles. The fraction of sp³-hybridized carbons (Fsp3) is 0.889. The Hall–Kier alpha value is -0.530. The molecule has 2 atom stereocenters. The summed E-state index contributed by atoms with van der Waals surface area (Å²) in [5.74, 6) is 0.488. The molecule has 0 aromatic carbocycles. The van der Waals surface area contributed by atoms with Crippen LogP contribution in [0.3, 0.4) is 0 Å². The van der Waals surface area contributed by atoms with Gasteiger partial charge in [0.1, 0.15) is 0 Å². The average Bonchev–Trinajstić information content (AvgIpc) is 1.81. The van der Waals surface area contributed by atoms with E-state index >= 15 is 0 Å². The topological polar surface area (TPSA) is 29.1 Å². The molecule has 0 aromatic rings. The summed E-state index contributed by atoms with van der Waals surface area (Å²) in [5, 5.41) is 2.94. The van der Waals surface area contributed by atoms with Gasteiger partial charge in [0.05, 0.1) is 5.92 Å². The molecule has 0 bridgehead atoms. The Morgan fingerprint density at radius 1 is 1.45 bits per heavy atom. The average molecular weight is 155 g/mol. The highest BCUT2D eigenvalue weighted by atomic mass is 16.2. The molecule has 1 N–H and O–H groups in total. The van der Waals surface area contributed by atoms with E-state index in [-0.39, 0.29) is 17.2 Å². The second-order valence-electron chi connectivity index (χ2n) is 4.37. The molecule has 1 aliphatic rings. The Labute approximate surface area is 68.4 Å². The van der Waals surface area contributed by atoms with E-state index in [9.17, 15) is 4.79 Å². The number of rotatable bonds is 1. The van der Waals surface area contributed by atoms with Crippen molar-refractivity contribution >= 4 is 5.91 Å². The normalized spacial score (nSPS) is 31.1. The zero-order valence-electron chi connectivity index (χ0n) is 7.77. The van der Waals surface area contributed by atoms with E-state index in [4.69, 9.17) is 0 Å². The minimum absolute atomic E-state index is 0.217. The Balaban J connectivity index is 2.58. The molecule has 1 heterocycles. The molecule has 0 saturated carbocycles. The van der Waals surface area contributed by atoms with Crippen LogP contribution in [0.25, 0.3) is 0 Å². The SMILES string of the molecule is CC[C@@H]1C(=O)N[C@H]1C(C)(C)C. The van der Waals surface area contributed by atoms with Crippen LogP contribution in [0.5, 0.6) is 0 Å². The van der Waals surface area contributed by atoms with Crippen molar-refractivity contribution in [3.63, 3.8) is 0 Å². The van der Waals surface area contributed by atoms with Gasteiger partial charge < -0.3 is 5.32 Å². The minimum Gasteiger partial charge on any atom is -0.352 e. The van der Waals surface area contributed by atoms with Crippen molar-refractivity contribution in [3.05, 3.63) is 0 Å². The molecule has 0 radical (unpaired) electrons. The van der Waals surface area contributed by atoms with Gasteiger partial charge in [-0.3, -0.25) is 4.79 Å². The molecule has 1 rings (SSSR count). The van der Waals surface area contributed by atoms with Crippen LogP contribution >= 0.6 is 0 Å². The second-order valence-corrected chi connectivity index (χ2v) is 4.37. The second kappa shape index (κ2) is 2.50. The third kappa shape index (κ3) is 1.39. The van der Waals surface area contributed by atoms with Gasteiger partial charge in [-0.25, -0.2) is 0 Å². The molecule has 64 valence electrons. The van der Waals surface area contributed by atoms with Crippen LogP contribution in [0.2, 0.25) is 0 Å². The zero-order valence-corrected chi connectivity index (χ0v) is 7.77. The van der Waals surface area contributed by atoms with Gasteiger partial charge in [-0.2, -0.15) is 0 Å². The van der Waals surface area contributed by atoms with E-state index in [1.807, 2.05) is 0 Å². The van der Waals surface area contributed by atoms with Gasteiger partial charge >= 0.3 is 0 Å². The molecule has 2 heteroatoms. The minimum atomic E-state index is 0.217. The summed E-state index contributed by atoms with van der Waals surface area (Å²) in [4.78, 5) is 11.0. The van der Waals surface area contributed by atoms with Gasteiger partial charge in [-0.1, -0.05) is 27.7 Å². The van der Waals surface area contributed by atoms with Crippen molar-refractivity contribution in [3.8, 4) is 0 Å². The lowest BCUT2D eigenvalue weighted by atomic mass is 9.72. The Kier molecular flexibility index (Phi) is 1.95. The first-order valence-electron chi connectivity index (χ1n) is 4.27. The number of carbonyl (C=O) groups is 1. The summed E-state index contributed by atoms with van der Waals surface area (Å²) >= 11 is 0. The van der Waals surface area contributed by atoms with Crippen LogP contribution in [0.4, 0.5) is 0 Å². The molecule has 0 aromatic heterocycles. The lowest BCUT2D eigenvalue weighted by Gasteiger charge is -2.44. The quantitative estimate of drug-likeness (QED) is 0.572. The number of amides is 1. The highest BCUT2D eigenvalue weighted by Gasteiger charge is 2.44. The Morgan fingerprint density at radius 3 is 2.18 bits per heavy atom. The first kappa shape index (κ1) is 8.57. The first-order valence-corrected chi connectivity index (χ1v) is 4.27. The van der Waals surface area contributed by atoms with Gasteiger partial charge in [-0.15, -0.1) is 0 Å². The molecule has 1 amide bonds.